The SMILES string of the molecule is COc1cc2c(OC)cccc2cc1C. The number of ether oxygens (including phenoxy) is 2. The standard InChI is InChI=1S/C13H14O2/c1-9-7-10-5-4-6-12(14-2)11(10)8-13(9)15-3/h4-8H,1-3H3. The monoisotopic (exact) mass is 202 g/mol. The lowest BCUT2D eigenvalue weighted by Crippen LogP contribution is -1.89. The number of fused-ring (bicyclic) bond motifs is 1. The second-order valence-electron chi connectivity index (χ2n) is 3.50. The highest BCUT2D eigenvalue weighted by molar-refractivity contribution is 5.90. The molecule has 2 aromatic carbocycles. The van der Waals surface area contributed by atoms with Crippen LogP contribution in [0.4, 0.5) is 0 Å². The highest BCUT2D eigenvalue weighted by Crippen LogP contribution is 2.31. The van der Waals surface area contributed by atoms with Gasteiger partial charge in [-0.2, -0.15) is 0 Å². The van der Waals surface area contributed by atoms with Gasteiger partial charge in [-0.15, -0.1) is 0 Å². The zero-order chi connectivity index (χ0) is 10.8. The predicted octanol–water partition coefficient (Wildman–Crippen LogP) is 3.17. The largest absolute Gasteiger partial charge is 0.496 e. The maximum absolute atomic E-state index is 5.31. The lowest BCUT2D eigenvalue weighted by Gasteiger charge is -2.09. The molecule has 2 aromatic rings. The molecule has 0 amide bonds. The molecule has 2 nitrogen and oxygen atoms in total. The summed E-state index contributed by atoms with van der Waals surface area (Å²) < 4.78 is 10.6. The van der Waals surface area contributed by atoms with E-state index in [4.69, 9.17) is 9.47 Å². The molecule has 0 fully saturated rings. The van der Waals surface area contributed by atoms with E-state index in [2.05, 4.69) is 12.1 Å². The summed E-state index contributed by atoms with van der Waals surface area (Å²) in [4.78, 5) is 0. The molecule has 0 saturated heterocycles. The van der Waals surface area contributed by atoms with Gasteiger partial charge in [-0.1, -0.05) is 12.1 Å². The highest BCUT2D eigenvalue weighted by atomic mass is 16.5. The van der Waals surface area contributed by atoms with Crippen LogP contribution in [-0.4, -0.2) is 14.2 Å². The van der Waals surface area contributed by atoms with E-state index < -0.39 is 0 Å². The van der Waals surface area contributed by atoms with E-state index in [-0.39, 0.29) is 0 Å². The summed E-state index contributed by atoms with van der Waals surface area (Å²) in [5, 5.41) is 2.26. The molecule has 0 aliphatic heterocycles. The molecule has 0 unspecified atom stereocenters. The lowest BCUT2D eigenvalue weighted by molar-refractivity contribution is 0.410. The van der Waals surface area contributed by atoms with Crippen molar-refractivity contribution in [3.8, 4) is 11.5 Å². The molecule has 78 valence electrons. The van der Waals surface area contributed by atoms with E-state index in [0.29, 0.717) is 0 Å². The van der Waals surface area contributed by atoms with Gasteiger partial charge in [0.05, 0.1) is 14.2 Å². The Morgan fingerprint density at radius 3 is 2.33 bits per heavy atom. The molecule has 15 heavy (non-hydrogen) atoms. The lowest BCUT2D eigenvalue weighted by atomic mass is 10.1. The molecule has 0 aliphatic rings. The molecule has 2 rings (SSSR count). The maximum Gasteiger partial charge on any atom is 0.126 e. The summed E-state index contributed by atoms with van der Waals surface area (Å²) in [6, 6.07) is 10.1. The van der Waals surface area contributed by atoms with Gasteiger partial charge in [0.25, 0.3) is 0 Å². The predicted molar refractivity (Wildman–Crippen MR) is 61.8 cm³/mol. The molecule has 0 heterocycles. The van der Waals surface area contributed by atoms with Crippen LogP contribution < -0.4 is 9.47 Å². The second kappa shape index (κ2) is 3.81. The zero-order valence-electron chi connectivity index (χ0n) is 9.20. The fourth-order valence-electron chi connectivity index (χ4n) is 1.79. The van der Waals surface area contributed by atoms with Crippen LogP contribution in [0, 0.1) is 6.92 Å². The molecule has 2 heteroatoms. The van der Waals surface area contributed by atoms with Crippen molar-refractivity contribution in [2.75, 3.05) is 14.2 Å². The quantitative estimate of drug-likeness (QED) is 0.744. The van der Waals surface area contributed by atoms with Crippen molar-refractivity contribution in [1.29, 1.82) is 0 Å². The van der Waals surface area contributed by atoms with E-state index >= 15 is 0 Å². The van der Waals surface area contributed by atoms with Crippen molar-refractivity contribution in [2.24, 2.45) is 0 Å². The number of rotatable bonds is 2. The normalized spacial score (nSPS) is 10.3. The molecule has 0 atom stereocenters. The Balaban J connectivity index is 2.76. The van der Waals surface area contributed by atoms with E-state index in [9.17, 15) is 0 Å². The minimum absolute atomic E-state index is 0.880. The van der Waals surface area contributed by atoms with Crippen molar-refractivity contribution in [2.45, 2.75) is 6.92 Å². The average molecular weight is 202 g/mol. The van der Waals surface area contributed by atoms with Crippen LogP contribution >= 0.6 is 0 Å². The first kappa shape index (κ1) is 9.84. The van der Waals surface area contributed by atoms with Crippen molar-refractivity contribution >= 4 is 10.8 Å². The highest BCUT2D eigenvalue weighted by Gasteiger charge is 2.05. The van der Waals surface area contributed by atoms with Gasteiger partial charge in [-0.25, -0.2) is 0 Å². The number of aryl methyl sites for hydroxylation is 1. The topological polar surface area (TPSA) is 18.5 Å². The number of hydrogen-bond acceptors (Lipinski definition) is 2. The minimum atomic E-state index is 0.880. The van der Waals surface area contributed by atoms with E-state index in [1.165, 1.54) is 5.39 Å². The summed E-state index contributed by atoms with van der Waals surface area (Å²) in [5.41, 5.74) is 1.14. The van der Waals surface area contributed by atoms with Gasteiger partial charge < -0.3 is 9.47 Å². The van der Waals surface area contributed by atoms with Crippen molar-refractivity contribution in [1.82, 2.24) is 0 Å². The van der Waals surface area contributed by atoms with Crippen LogP contribution in [0.15, 0.2) is 30.3 Å². The van der Waals surface area contributed by atoms with Crippen molar-refractivity contribution < 1.29 is 9.47 Å². The molecule has 0 radical (unpaired) electrons. The molecule has 0 aromatic heterocycles. The molecule has 0 spiro atoms. The van der Waals surface area contributed by atoms with Gasteiger partial charge in [0.2, 0.25) is 0 Å². The summed E-state index contributed by atoms with van der Waals surface area (Å²) in [5.74, 6) is 1.78. The van der Waals surface area contributed by atoms with Crippen LogP contribution in [-0.2, 0) is 0 Å². The Hall–Kier alpha value is -1.70. The number of benzene rings is 2. The molecular formula is C13H14O2. The van der Waals surface area contributed by atoms with Crippen LogP contribution in [0.25, 0.3) is 10.8 Å². The summed E-state index contributed by atoms with van der Waals surface area (Å²) in [7, 11) is 3.37. The third kappa shape index (κ3) is 1.63. The van der Waals surface area contributed by atoms with Gasteiger partial charge in [-0.05, 0) is 36.1 Å². The third-order valence-electron chi connectivity index (χ3n) is 2.58. The molecule has 0 aliphatic carbocycles. The van der Waals surface area contributed by atoms with Gasteiger partial charge in [-0.3, -0.25) is 0 Å². The van der Waals surface area contributed by atoms with Gasteiger partial charge >= 0.3 is 0 Å². The summed E-state index contributed by atoms with van der Waals surface area (Å²) >= 11 is 0. The summed E-state index contributed by atoms with van der Waals surface area (Å²) in [6.07, 6.45) is 0. The Kier molecular flexibility index (Phi) is 2.50. The van der Waals surface area contributed by atoms with Crippen molar-refractivity contribution in [3.63, 3.8) is 0 Å². The van der Waals surface area contributed by atoms with Crippen LogP contribution in [0.3, 0.4) is 0 Å². The summed E-state index contributed by atoms with van der Waals surface area (Å²) in [6.45, 7) is 2.04. The van der Waals surface area contributed by atoms with Crippen LogP contribution in [0.2, 0.25) is 0 Å². The average Bonchev–Trinajstić information content (AvgIpc) is 2.27. The Morgan fingerprint density at radius 1 is 0.933 bits per heavy atom. The fraction of sp³-hybridized carbons (Fsp3) is 0.231. The van der Waals surface area contributed by atoms with Crippen molar-refractivity contribution in [3.05, 3.63) is 35.9 Å². The minimum Gasteiger partial charge on any atom is -0.496 e. The third-order valence-corrected chi connectivity index (χ3v) is 2.58. The van der Waals surface area contributed by atoms with E-state index in [0.717, 1.165) is 22.4 Å². The molecular weight excluding hydrogens is 188 g/mol. The molecule has 0 saturated carbocycles. The number of methoxy groups -OCH3 is 2. The van der Waals surface area contributed by atoms with Crippen LogP contribution in [0.5, 0.6) is 11.5 Å². The first-order valence-corrected chi connectivity index (χ1v) is 4.87. The number of hydrogen-bond donors (Lipinski definition) is 0. The van der Waals surface area contributed by atoms with Gasteiger partial charge in [0.1, 0.15) is 11.5 Å². The Morgan fingerprint density at radius 2 is 1.67 bits per heavy atom. The Bertz CT molecular complexity index is 489. The smallest absolute Gasteiger partial charge is 0.126 e. The molecule has 0 N–H and O–H groups in total. The molecule has 0 bridgehead atoms. The first-order valence-electron chi connectivity index (χ1n) is 4.87. The maximum atomic E-state index is 5.31. The fourth-order valence-corrected chi connectivity index (χ4v) is 1.79. The first-order chi connectivity index (χ1) is 7.26. The zero-order valence-corrected chi connectivity index (χ0v) is 9.20. The van der Waals surface area contributed by atoms with Gasteiger partial charge in [0, 0.05) is 5.39 Å². The Labute approximate surface area is 89.4 Å². The van der Waals surface area contributed by atoms with E-state index in [1.807, 2.05) is 25.1 Å². The second-order valence-corrected chi connectivity index (χ2v) is 3.50. The van der Waals surface area contributed by atoms with Gasteiger partial charge in [0.15, 0.2) is 0 Å². The van der Waals surface area contributed by atoms with E-state index in [1.54, 1.807) is 14.2 Å². The van der Waals surface area contributed by atoms with Crippen LogP contribution in [0.1, 0.15) is 5.56 Å².